The lowest BCUT2D eigenvalue weighted by Gasteiger charge is -2.34. The van der Waals surface area contributed by atoms with Gasteiger partial charge in [0.1, 0.15) is 6.07 Å². The second-order valence-electron chi connectivity index (χ2n) is 7.94. The SMILES string of the molecule is CC1CN(c2oc(-c3ccc(S(=O)(=O)N4CCCCC4)cc3)nc2C#N)CC(C)O1. The van der Waals surface area contributed by atoms with Crippen LogP contribution in [0.4, 0.5) is 5.88 Å². The quantitative estimate of drug-likeness (QED) is 0.735. The highest BCUT2D eigenvalue weighted by atomic mass is 32.2. The molecule has 2 unspecified atom stereocenters. The fourth-order valence-corrected chi connectivity index (χ4v) is 5.61. The second kappa shape index (κ2) is 8.38. The Morgan fingerprint density at radius 1 is 1.07 bits per heavy atom. The normalized spacial score (nSPS) is 23.3. The van der Waals surface area contributed by atoms with Crippen LogP contribution >= 0.6 is 0 Å². The smallest absolute Gasteiger partial charge is 0.243 e. The Hall–Kier alpha value is -2.41. The standard InChI is InChI=1S/C21H26N4O4S/c1-15-13-24(14-16(2)28-15)21-19(12-22)23-20(29-21)17-6-8-18(9-7-17)30(26,27)25-10-4-3-5-11-25/h6-9,15-16H,3-5,10-11,13-14H2,1-2H3. The Morgan fingerprint density at radius 2 is 1.70 bits per heavy atom. The summed E-state index contributed by atoms with van der Waals surface area (Å²) in [6.07, 6.45) is 2.90. The van der Waals surface area contributed by atoms with Crippen LogP contribution in [0.1, 0.15) is 38.8 Å². The number of piperidine rings is 1. The van der Waals surface area contributed by atoms with E-state index in [-0.39, 0.29) is 22.8 Å². The number of nitrogens with zero attached hydrogens (tertiary/aromatic N) is 4. The number of rotatable bonds is 4. The van der Waals surface area contributed by atoms with E-state index in [0.29, 0.717) is 43.5 Å². The van der Waals surface area contributed by atoms with Gasteiger partial charge in [-0.2, -0.15) is 14.6 Å². The van der Waals surface area contributed by atoms with E-state index in [1.807, 2.05) is 18.7 Å². The fourth-order valence-electron chi connectivity index (χ4n) is 4.09. The van der Waals surface area contributed by atoms with Crippen LogP contribution in [0.3, 0.4) is 0 Å². The predicted octanol–water partition coefficient (Wildman–Crippen LogP) is 3.00. The summed E-state index contributed by atoms with van der Waals surface area (Å²) in [5.74, 6) is 0.731. The number of hydrogen-bond acceptors (Lipinski definition) is 7. The van der Waals surface area contributed by atoms with Crippen molar-refractivity contribution in [3.63, 3.8) is 0 Å². The zero-order chi connectivity index (χ0) is 21.3. The molecule has 3 heterocycles. The number of sulfonamides is 1. The molecule has 9 heteroatoms. The van der Waals surface area contributed by atoms with Crippen LogP contribution in [0.5, 0.6) is 0 Å². The molecule has 4 rings (SSSR count). The number of ether oxygens (including phenoxy) is 1. The van der Waals surface area contributed by atoms with Gasteiger partial charge < -0.3 is 14.1 Å². The Morgan fingerprint density at radius 3 is 2.30 bits per heavy atom. The third kappa shape index (κ3) is 4.08. The average molecular weight is 431 g/mol. The van der Waals surface area contributed by atoms with Gasteiger partial charge in [0.05, 0.1) is 17.1 Å². The molecular weight excluding hydrogens is 404 g/mol. The van der Waals surface area contributed by atoms with Crippen LogP contribution in [0.15, 0.2) is 33.6 Å². The van der Waals surface area contributed by atoms with Gasteiger partial charge >= 0.3 is 0 Å². The number of hydrogen-bond donors (Lipinski definition) is 0. The topological polar surface area (TPSA) is 99.7 Å². The van der Waals surface area contributed by atoms with Crippen molar-refractivity contribution < 1.29 is 17.6 Å². The van der Waals surface area contributed by atoms with Crippen LogP contribution in [-0.4, -0.2) is 56.1 Å². The number of oxazole rings is 1. The highest BCUT2D eigenvalue weighted by Gasteiger charge is 2.29. The van der Waals surface area contributed by atoms with Crippen LogP contribution in [0.25, 0.3) is 11.5 Å². The maximum Gasteiger partial charge on any atom is 0.243 e. The van der Waals surface area contributed by atoms with Crippen molar-refractivity contribution in [2.24, 2.45) is 0 Å². The highest BCUT2D eigenvalue weighted by Crippen LogP contribution is 2.31. The third-order valence-electron chi connectivity index (χ3n) is 5.48. The van der Waals surface area contributed by atoms with Crippen molar-refractivity contribution in [3.05, 3.63) is 30.0 Å². The fraction of sp³-hybridized carbons (Fsp3) is 0.524. The minimum atomic E-state index is -3.49. The van der Waals surface area contributed by atoms with Gasteiger partial charge in [-0.05, 0) is 51.0 Å². The molecule has 0 spiro atoms. The van der Waals surface area contributed by atoms with E-state index in [9.17, 15) is 13.7 Å². The Balaban J connectivity index is 1.59. The molecule has 0 saturated carbocycles. The van der Waals surface area contributed by atoms with E-state index in [0.717, 1.165) is 19.3 Å². The van der Waals surface area contributed by atoms with Crippen molar-refractivity contribution >= 4 is 15.9 Å². The van der Waals surface area contributed by atoms with E-state index in [4.69, 9.17) is 9.15 Å². The predicted molar refractivity (Wildman–Crippen MR) is 111 cm³/mol. The van der Waals surface area contributed by atoms with E-state index >= 15 is 0 Å². The summed E-state index contributed by atoms with van der Waals surface area (Å²) >= 11 is 0. The van der Waals surface area contributed by atoms with Crippen LogP contribution < -0.4 is 4.90 Å². The van der Waals surface area contributed by atoms with Gasteiger partial charge in [-0.15, -0.1) is 0 Å². The Bertz CT molecular complexity index is 1030. The summed E-state index contributed by atoms with van der Waals surface area (Å²) in [7, 11) is -3.49. The maximum absolute atomic E-state index is 12.8. The first-order chi connectivity index (χ1) is 14.4. The van der Waals surface area contributed by atoms with Gasteiger partial charge in [0.25, 0.3) is 0 Å². The molecule has 0 N–H and O–H groups in total. The van der Waals surface area contributed by atoms with Gasteiger partial charge in [0.15, 0.2) is 0 Å². The number of anilines is 1. The molecule has 0 amide bonds. The van der Waals surface area contributed by atoms with Gasteiger partial charge in [-0.1, -0.05) is 6.42 Å². The number of aromatic nitrogens is 1. The Labute approximate surface area is 177 Å². The minimum Gasteiger partial charge on any atom is -0.419 e. The molecule has 0 aliphatic carbocycles. The summed E-state index contributed by atoms with van der Waals surface area (Å²) in [5, 5.41) is 9.52. The molecule has 2 fully saturated rings. The third-order valence-corrected chi connectivity index (χ3v) is 7.39. The lowest BCUT2D eigenvalue weighted by Crippen LogP contribution is -2.45. The lowest BCUT2D eigenvalue weighted by molar-refractivity contribution is -0.00638. The number of morpholine rings is 1. The first-order valence-electron chi connectivity index (χ1n) is 10.3. The minimum absolute atomic E-state index is 0.0214. The average Bonchev–Trinajstić information content (AvgIpc) is 3.18. The summed E-state index contributed by atoms with van der Waals surface area (Å²) in [4.78, 5) is 6.57. The molecule has 30 heavy (non-hydrogen) atoms. The van der Waals surface area contributed by atoms with Crippen molar-refractivity contribution in [3.8, 4) is 17.5 Å². The second-order valence-corrected chi connectivity index (χ2v) is 9.87. The van der Waals surface area contributed by atoms with Crippen LogP contribution in [0.2, 0.25) is 0 Å². The van der Waals surface area contributed by atoms with Gasteiger partial charge in [-0.25, -0.2) is 8.42 Å². The zero-order valence-corrected chi connectivity index (χ0v) is 18.1. The zero-order valence-electron chi connectivity index (χ0n) is 17.2. The summed E-state index contributed by atoms with van der Waals surface area (Å²) in [6.45, 7) is 6.31. The molecule has 1 aromatic heterocycles. The van der Waals surface area contributed by atoms with Crippen LogP contribution in [-0.2, 0) is 14.8 Å². The van der Waals surface area contributed by atoms with Crippen LogP contribution in [0, 0.1) is 11.3 Å². The molecule has 2 aliphatic rings. The molecule has 0 radical (unpaired) electrons. The molecule has 1 aromatic carbocycles. The molecular formula is C21H26N4O4S. The molecule has 160 valence electrons. The summed E-state index contributed by atoms with van der Waals surface area (Å²) in [5.41, 5.74) is 0.848. The number of benzene rings is 1. The summed E-state index contributed by atoms with van der Waals surface area (Å²) < 4.78 is 38.9. The van der Waals surface area contributed by atoms with Crippen molar-refractivity contribution in [1.82, 2.24) is 9.29 Å². The number of nitriles is 1. The lowest BCUT2D eigenvalue weighted by atomic mass is 10.2. The Kier molecular flexibility index (Phi) is 5.82. The van der Waals surface area contributed by atoms with E-state index in [1.165, 1.54) is 0 Å². The largest absolute Gasteiger partial charge is 0.419 e. The summed E-state index contributed by atoms with van der Waals surface area (Å²) in [6, 6.07) is 8.61. The van der Waals surface area contributed by atoms with E-state index in [1.54, 1.807) is 28.6 Å². The molecule has 0 bridgehead atoms. The van der Waals surface area contributed by atoms with Crippen molar-refractivity contribution in [2.45, 2.75) is 50.2 Å². The molecule has 2 aromatic rings. The monoisotopic (exact) mass is 430 g/mol. The first kappa shape index (κ1) is 20.8. The van der Waals surface area contributed by atoms with E-state index < -0.39 is 10.0 Å². The van der Waals surface area contributed by atoms with Gasteiger partial charge in [0.2, 0.25) is 27.5 Å². The van der Waals surface area contributed by atoms with Gasteiger partial charge in [-0.3, -0.25) is 0 Å². The maximum atomic E-state index is 12.8. The molecule has 8 nitrogen and oxygen atoms in total. The molecule has 2 saturated heterocycles. The first-order valence-corrected chi connectivity index (χ1v) is 11.7. The molecule has 2 aliphatic heterocycles. The van der Waals surface area contributed by atoms with E-state index in [2.05, 4.69) is 11.1 Å². The van der Waals surface area contributed by atoms with Gasteiger partial charge in [0, 0.05) is 31.7 Å². The van der Waals surface area contributed by atoms with Crippen molar-refractivity contribution in [2.75, 3.05) is 31.1 Å². The highest BCUT2D eigenvalue weighted by molar-refractivity contribution is 7.89. The molecule has 2 atom stereocenters. The van der Waals surface area contributed by atoms with Crippen molar-refractivity contribution in [1.29, 1.82) is 5.26 Å².